The minimum Gasteiger partial charge on any atom is -0.362 e. The van der Waals surface area contributed by atoms with Gasteiger partial charge in [-0.1, -0.05) is 0 Å². The third-order valence-corrected chi connectivity index (χ3v) is 5.29. The summed E-state index contributed by atoms with van der Waals surface area (Å²) in [5, 5.41) is 14.0. The zero-order valence-corrected chi connectivity index (χ0v) is 15.7. The third kappa shape index (κ3) is 4.41. The summed E-state index contributed by atoms with van der Waals surface area (Å²) in [6.07, 6.45) is -4.47. The lowest BCUT2D eigenvalue weighted by Gasteiger charge is -2.35. The molecular formula is C17H17F3N4O3S. The summed E-state index contributed by atoms with van der Waals surface area (Å²) < 4.78 is 38.5. The van der Waals surface area contributed by atoms with Crippen molar-refractivity contribution in [3.05, 3.63) is 50.0 Å². The predicted molar refractivity (Wildman–Crippen MR) is 97.4 cm³/mol. The van der Waals surface area contributed by atoms with Gasteiger partial charge in [0.15, 0.2) is 0 Å². The third-order valence-electron chi connectivity index (χ3n) is 4.47. The molecule has 1 aromatic carbocycles. The number of nitrogens with zero attached hydrogens (tertiary/aromatic N) is 4. The molecule has 0 bridgehead atoms. The highest BCUT2D eigenvalue weighted by atomic mass is 32.1. The van der Waals surface area contributed by atoms with Gasteiger partial charge in [0.2, 0.25) is 5.91 Å². The van der Waals surface area contributed by atoms with E-state index in [2.05, 4.69) is 4.98 Å². The molecule has 0 spiro atoms. The van der Waals surface area contributed by atoms with E-state index in [4.69, 9.17) is 0 Å². The number of rotatable bonds is 4. The number of hydrogen-bond donors (Lipinski definition) is 0. The van der Waals surface area contributed by atoms with E-state index in [-0.39, 0.29) is 18.0 Å². The first-order valence-corrected chi connectivity index (χ1v) is 9.32. The number of hydrogen-bond acceptors (Lipinski definition) is 6. The Morgan fingerprint density at radius 2 is 1.96 bits per heavy atom. The number of aryl methyl sites for hydroxylation is 1. The maximum absolute atomic E-state index is 12.8. The molecule has 150 valence electrons. The fourth-order valence-electron chi connectivity index (χ4n) is 3.07. The Labute approximate surface area is 162 Å². The summed E-state index contributed by atoms with van der Waals surface area (Å²) >= 11 is 1.46. The lowest BCUT2D eigenvalue weighted by molar-refractivity contribution is -0.384. The molecular weight excluding hydrogens is 397 g/mol. The number of thiazole rings is 1. The number of aromatic nitrogens is 1. The van der Waals surface area contributed by atoms with Crippen LogP contribution in [0, 0.1) is 17.0 Å². The summed E-state index contributed by atoms with van der Waals surface area (Å²) in [5.41, 5.74) is -0.823. The molecule has 1 aliphatic heterocycles. The topological polar surface area (TPSA) is 79.6 Å². The Morgan fingerprint density at radius 3 is 2.50 bits per heavy atom. The van der Waals surface area contributed by atoms with Gasteiger partial charge in [-0.2, -0.15) is 13.2 Å². The van der Waals surface area contributed by atoms with Crippen LogP contribution in [0.3, 0.4) is 0 Å². The standard InChI is InChI=1S/C17H17F3N4O3S/c1-11-21-13(10-28-11)9-16(25)23-6-4-22(5-7-23)14-3-2-12(17(18,19)20)8-15(14)24(26)27/h2-3,8,10H,4-7,9H2,1H3. The smallest absolute Gasteiger partial charge is 0.362 e. The summed E-state index contributed by atoms with van der Waals surface area (Å²) in [7, 11) is 0. The van der Waals surface area contributed by atoms with Gasteiger partial charge in [0, 0.05) is 37.6 Å². The van der Waals surface area contributed by atoms with E-state index in [1.807, 2.05) is 12.3 Å². The Morgan fingerprint density at radius 1 is 1.29 bits per heavy atom. The largest absolute Gasteiger partial charge is 0.416 e. The summed E-state index contributed by atoms with van der Waals surface area (Å²) in [4.78, 5) is 30.4. The molecule has 0 atom stereocenters. The fourth-order valence-corrected chi connectivity index (χ4v) is 3.68. The van der Waals surface area contributed by atoms with Crippen molar-refractivity contribution in [2.75, 3.05) is 31.1 Å². The highest BCUT2D eigenvalue weighted by Gasteiger charge is 2.34. The van der Waals surface area contributed by atoms with Crippen LogP contribution in [0.5, 0.6) is 0 Å². The van der Waals surface area contributed by atoms with Gasteiger partial charge in [0.25, 0.3) is 5.69 Å². The van der Waals surface area contributed by atoms with Crippen LogP contribution in [0.1, 0.15) is 16.3 Å². The number of benzene rings is 1. The number of anilines is 1. The molecule has 0 unspecified atom stereocenters. The number of halogens is 3. The maximum atomic E-state index is 12.8. The second-order valence-corrected chi connectivity index (χ2v) is 7.42. The SMILES string of the molecule is Cc1nc(CC(=O)N2CCN(c3ccc(C(F)(F)F)cc3[N+](=O)[O-])CC2)cs1. The van der Waals surface area contributed by atoms with Crippen LogP contribution in [0.4, 0.5) is 24.5 Å². The molecule has 1 saturated heterocycles. The molecule has 0 N–H and O–H groups in total. The molecule has 1 amide bonds. The van der Waals surface area contributed by atoms with Crippen molar-refractivity contribution in [2.24, 2.45) is 0 Å². The normalized spacial score (nSPS) is 15.0. The molecule has 7 nitrogen and oxygen atoms in total. The Kier molecular flexibility index (Phi) is 5.54. The van der Waals surface area contributed by atoms with Crippen molar-refractivity contribution in [1.82, 2.24) is 9.88 Å². The fraction of sp³-hybridized carbons (Fsp3) is 0.412. The average molecular weight is 414 g/mol. The van der Waals surface area contributed by atoms with Gasteiger partial charge in [-0.3, -0.25) is 14.9 Å². The number of nitro benzene ring substituents is 1. The molecule has 3 rings (SSSR count). The van der Waals surface area contributed by atoms with E-state index in [1.54, 1.807) is 9.80 Å². The summed E-state index contributed by atoms with van der Waals surface area (Å²) in [6.45, 7) is 3.12. The highest BCUT2D eigenvalue weighted by molar-refractivity contribution is 7.09. The zero-order valence-electron chi connectivity index (χ0n) is 14.9. The first-order chi connectivity index (χ1) is 13.1. The number of alkyl halides is 3. The van der Waals surface area contributed by atoms with E-state index in [0.29, 0.717) is 37.9 Å². The van der Waals surface area contributed by atoms with E-state index in [1.165, 1.54) is 11.3 Å². The average Bonchev–Trinajstić information content (AvgIpc) is 3.05. The van der Waals surface area contributed by atoms with E-state index in [9.17, 15) is 28.1 Å². The minimum absolute atomic E-state index is 0.0909. The molecule has 0 saturated carbocycles. The molecule has 0 aliphatic carbocycles. The second-order valence-electron chi connectivity index (χ2n) is 6.36. The lowest BCUT2D eigenvalue weighted by Crippen LogP contribution is -2.49. The van der Waals surface area contributed by atoms with Crippen LogP contribution < -0.4 is 4.90 Å². The Balaban J connectivity index is 1.69. The predicted octanol–water partition coefficient (Wildman–Crippen LogP) is 3.27. The van der Waals surface area contributed by atoms with Crippen molar-refractivity contribution >= 4 is 28.6 Å². The molecule has 1 fully saturated rings. The zero-order chi connectivity index (χ0) is 20.5. The van der Waals surface area contributed by atoms with Gasteiger partial charge >= 0.3 is 6.18 Å². The molecule has 2 heterocycles. The van der Waals surface area contributed by atoms with Crippen molar-refractivity contribution in [3.63, 3.8) is 0 Å². The first kappa shape index (κ1) is 20.1. The second kappa shape index (κ2) is 7.74. The molecule has 1 aromatic heterocycles. The van der Waals surface area contributed by atoms with Crippen molar-refractivity contribution in [2.45, 2.75) is 19.5 Å². The number of carbonyl (C=O) groups excluding carboxylic acids is 1. The van der Waals surface area contributed by atoms with Crippen LogP contribution in [-0.4, -0.2) is 46.9 Å². The maximum Gasteiger partial charge on any atom is 0.416 e. The monoisotopic (exact) mass is 414 g/mol. The van der Waals surface area contributed by atoms with Crippen molar-refractivity contribution in [1.29, 1.82) is 0 Å². The van der Waals surface area contributed by atoms with Crippen molar-refractivity contribution < 1.29 is 22.9 Å². The van der Waals surface area contributed by atoms with Gasteiger partial charge in [-0.25, -0.2) is 4.98 Å². The van der Waals surface area contributed by atoms with E-state index < -0.39 is 22.4 Å². The number of amides is 1. The van der Waals surface area contributed by atoms with Crippen LogP contribution in [-0.2, 0) is 17.4 Å². The number of piperazine rings is 1. The van der Waals surface area contributed by atoms with Gasteiger partial charge in [-0.05, 0) is 19.1 Å². The lowest BCUT2D eigenvalue weighted by atomic mass is 10.1. The molecule has 1 aliphatic rings. The quantitative estimate of drug-likeness (QED) is 0.567. The summed E-state index contributed by atoms with van der Waals surface area (Å²) in [5.74, 6) is -0.0909. The Bertz CT molecular complexity index is 892. The van der Waals surface area contributed by atoms with Crippen LogP contribution in [0.15, 0.2) is 23.6 Å². The first-order valence-electron chi connectivity index (χ1n) is 8.44. The minimum atomic E-state index is -4.65. The van der Waals surface area contributed by atoms with E-state index >= 15 is 0 Å². The Hall–Kier alpha value is -2.69. The van der Waals surface area contributed by atoms with Gasteiger partial charge in [-0.15, -0.1) is 11.3 Å². The number of nitro groups is 1. The van der Waals surface area contributed by atoms with Gasteiger partial charge in [0.05, 0.1) is 27.6 Å². The van der Waals surface area contributed by atoms with Crippen molar-refractivity contribution in [3.8, 4) is 0 Å². The molecule has 2 aromatic rings. The molecule has 0 radical (unpaired) electrons. The van der Waals surface area contributed by atoms with Crippen LogP contribution in [0.25, 0.3) is 0 Å². The van der Waals surface area contributed by atoms with Gasteiger partial charge in [0.1, 0.15) is 5.69 Å². The molecule has 28 heavy (non-hydrogen) atoms. The molecule has 11 heteroatoms. The van der Waals surface area contributed by atoms with Crippen LogP contribution >= 0.6 is 11.3 Å². The van der Waals surface area contributed by atoms with Crippen LogP contribution in [0.2, 0.25) is 0 Å². The van der Waals surface area contributed by atoms with Gasteiger partial charge < -0.3 is 9.80 Å². The summed E-state index contributed by atoms with van der Waals surface area (Å²) in [6, 6.07) is 2.51. The van der Waals surface area contributed by atoms with E-state index in [0.717, 1.165) is 17.1 Å². The highest BCUT2D eigenvalue weighted by Crippen LogP contribution is 2.36. The number of carbonyl (C=O) groups is 1.